The highest BCUT2D eigenvalue weighted by Gasteiger charge is 2.16. The zero-order chi connectivity index (χ0) is 14.8. The molecule has 1 aromatic carbocycles. The molecule has 0 atom stereocenters. The molecule has 1 aromatic rings. The number of nitrogens with two attached hydrogens (primary N) is 1. The Hall–Kier alpha value is -1.07. The minimum absolute atomic E-state index is 0.191. The normalized spacial score (nSPS) is 17.8. The van der Waals surface area contributed by atoms with Crippen molar-refractivity contribution in [3.63, 3.8) is 0 Å². The van der Waals surface area contributed by atoms with Crippen molar-refractivity contribution in [1.82, 2.24) is 0 Å². The summed E-state index contributed by atoms with van der Waals surface area (Å²) in [6.07, 6.45) is 7.38. The Morgan fingerprint density at radius 3 is 2.25 bits per heavy atom. The van der Waals surface area contributed by atoms with Gasteiger partial charge in [0, 0.05) is 11.7 Å². The van der Waals surface area contributed by atoms with E-state index in [2.05, 4.69) is 5.32 Å². The van der Waals surface area contributed by atoms with Crippen molar-refractivity contribution in [1.29, 1.82) is 0 Å². The lowest BCUT2D eigenvalue weighted by atomic mass is 10.0. The van der Waals surface area contributed by atoms with E-state index in [1.165, 1.54) is 25.7 Å². The molecular formula is C15H24N2O2S. The predicted molar refractivity (Wildman–Crippen MR) is 82.4 cm³/mol. The molecule has 5 heteroatoms. The van der Waals surface area contributed by atoms with Gasteiger partial charge in [-0.1, -0.05) is 25.7 Å². The van der Waals surface area contributed by atoms with Gasteiger partial charge in [0.1, 0.15) is 0 Å². The van der Waals surface area contributed by atoms with E-state index in [1.807, 2.05) is 13.8 Å². The van der Waals surface area contributed by atoms with Crippen LogP contribution >= 0.6 is 0 Å². The van der Waals surface area contributed by atoms with E-state index >= 15 is 0 Å². The molecular weight excluding hydrogens is 272 g/mol. The molecule has 1 aliphatic rings. The average Bonchev–Trinajstić information content (AvgIpc) is 2.62. The molecule has 1 aliphatic carbocycles. The third-order valence-corrected chi connectivity index (χ3v) is 5.08. The maximum atomic E-state index is 11.5. The summed E-state index contributed by atoms with van der Waals surface area (Å²) in [4.78, 5) is 0.191. The van der Waals surface area contributed by atoms with Crippen molar-refractivity contribution in [3.8, 4) is 0 Å². The summed E-state index contributed by atoms with van der Waals surface area (Å²) in [5.41, 5.74) is 2.95. The summed E-state index contributed by atoms with van der Waals surface area (Å²) in [5.74, 6) is 0. The van der Waals surface area contributed by atoms with Crippen LogP contribution in [-0.2, 0) is 10.0 Å². The van der Waals surface area contributed by atoms with Gasteiger partial charge in [0.15, 0.2) is 0 Å². The average molecular weight is 296 g/mol. The van der Waals surface area contributed by atoms with E-state index in [4.69, 9.17) is 5.14 Å². The predicted octanol–water partition coefficient (Wildman–Crippen LogP) is 3.09. The zero-order valence-electron chi connectivity index (χ0n) is 12.3. The molecule has 0 aliphatic heterocycles. The zero-order valence-corrected chi connectivity index (χ0v) is 13.1. The Kier molecular flexibility index (Phi) is 4.70. The maximum absolute atomic E-state index is 11.5. The number of hydrogen-bond donors (Lipinski definition) is 2. The second-order valence-electron chi connectivity index (χ2n) is 5.79. The van der Waals surface area contributed by atoms with E-state index in [0.717, 1.165) is 29.7 Å². The molecule has 20 heavy (non-hydrogen) atoms. The standard InChI is InChI=1S/C15H24N2O2S/c1-11-9-14(20(16,18)19)10-15(12(11)2)17-13-7-5-3-4-6-8-13/h9-10,13,17H,3-8H2,1-2H3,(H2,16,18,19). The Balaban J connectivity index is 2.28. The third kappa shape index (κ3) is 3.73. The van der Waals surface area contributed by atoms with Gasteiger partial charge in [0.05, 0.1) is 4.90 Å². The van der Waals surface area contributed by atoms with Gasteiger partial charge in [0.2, 0.25) is 10.0 Å². The van der Waals surface area contributed by atoms with Crippen LogP contribution < -0.4 is 10.5 Å². The van der Waals surface area contributed by atoms with Crippen molar-refractivity contribution < 1.29 is 8.42 Å². The van der Waals surface area contributed by atoms with Gasteiger partial charge in [-0.3, -0.25) is 0 Å². The van der Waals surface area contributed by atoms with Crippen molar-refractivity contribution in [3.05, 3.63) is 23.3 Å². The molecule has 4 nitrogen and oxygen atoms in total. The lowest BCUT2D eigenvalue weighted by molar-refractivity contribution is 0.597. The molecule has 1 saturated carbocycles. The molecule has 3 N–H and O–H groups in total. The molecule has 1 fully saturated rings. The summed E-state index contributed by atoms with van der Waals surface area (Å²) >= 11 is 0. The minimum atomic E-state index is -3.65. The summed E-state index contributed by atoms with van der Waals surface area (Å²) < 4.78 is 23.1. The SMILES string of the molecule is Cc1cc(S(N)(=O)=O)cc(NC2CCCCCC2)c1C. The first-order chi connectivity index (χ1) is 9.38. The fourth-order valence-electron chi connectivity index (χ4n) is 2.78. The first kappa shape index (κ1) is 15.3. The van der Waals surface area contributed by atoms with Gasteiger partial charge in [-0.2, -0.15) is 0 Å². The monoisotopic (exact) mass is 296 g/mol. The second-order valence-corrected chi connectivity index (χ2v) is 7.35. The summed E-state index contributed by atoms with van der Waals surface area (Å²) in [6.45, 7) is 3.93. The molecule has 2 rings (SSSR count). The van der Waals surface area contributed by atoms with Gasteiger partial charge in [-0.25, -0.2) is 13.6 Å². The number of anilines is 1. The molecule has 0 radical (unpaired) electrons. The minimum Gasteiger partial charge on any atom is -0.382 e. The highest BCUT2D eigenvalue weighted by molar-refractivity contribution is 7.89. The van der Waals surface area contributed by atoms with Crippen LogP contribution in [0.2, 0.25) is 0 Å². The maximum Gasteiger partial charge on any atom is 0.238 e. The fourth-order valence-corrected chi connectivity index (χ4v) is 3.41. The Bertz CT molecular complexity index is 574. The van der Waals surface area contributed by atoms with E-state index < -0.39 is 10.0 Å². The third-order valence-electron chi connectivity index (χ3n) is 4.18. The van der Waals surface area contributed by atoms with Crippen LogP contribution in [-0.4, -0.2) is 14.5 Å². The highest BCUT2D eigenvalue weighted by atomic mass is 32.2. The van der Waals surface area contributed by atoms with Crippen LogP contribution in [0.3, 0.4) is 0 Å². The van der Waals surface area contributed by atoms with Crippen LogP contribution in [0.15, 0.2) is 17.0 Å². The molecule has 0 saturated heterocycles. The number of aryl methyl sites for hydroxylation is 1. The van der Waals surface area contributed by atoms with Gasteiger partial charge in [-0.05, 0) is 49.9 Å². The number of rotatable bonds is 3. The molecule has 0 aromatic heterocycles. The quantitative estimate of drug-likeness (QED) is 0.842. The van der Waals surface area contributed by atoms with Crippen molar-refractivity contribution in [2.45, 2.75) is 63.3 Å². The lowest BCUT2D eigenvalue weighted by Gasteiger charge is -2.21. The van der Waals surface area contributed by atoms with E-state index in [9.17, 15) is 8.42 Å². The Labute approximate surface area is 121 Å². The first-order valence-corrected chi connectivity index (χ1v) is 8.83. The van der Waals surface area contributed by atoms with Crippen LogP contribution in [0.1, 0.15) is 49.7 Å². The number of hydrogen-bond acceptors (Lipinski definition) is 3. The first-order valence-electron chi connectivity index (χ1n) is 7.28. The fraction of sp³-hybridized carbons (Fsp3) is 0.600. The van der Waals surface area contributed by atoms with Gasteiger partial charge in [-0.15, -0.1) is 0 Å². The molecule has 112 valence electrons. The molecule has 0 unspecified atom stereocenters. The van der Waals surface area contributed by atoms with Crippen LogP contribution in [0, 0.1) is 13.8 Å². The van der Waals surface area contributed by atoms with E-state index in [1.54, 1.807) is 12.1 Å². The smallest absolute Gasteiger partial charge is 0.238 e. The van der Waals surface area contributed by atoms with Gasteiger partial charge >= 0.3 is 0 Å². The topological polar surface area (TPSA) is 72.2 Å². The Morgan fingerprint density at radius 1 is 1.10 bits per heavy atom. The molecule has 0 spiro atoms. The van der Waals surface area contributed by atoms with Crippen LogP contribution in [0.4, 0.5) is 5.69 Å². The van der Waals surface area contributed by atoms with E-state index in [0.29, 0.717) is 6.04 Å². The summed E-state index contributed by atoms with van der Waals surface area (Å²) in [5, 5.41) is 8.77. The number of benzene rings is 1. The number of sulfonamides is 1. The molecule has 0 bridgehead atoms. The molecule has 0 amide bonds. The molecule has 0 heterocycles. The van der Waals surface area contributed by atoms with Crippen LogP contribution in [0.5, 0.6) is 0 Å². The van der Waals surface area contributed by atoms with Crippen molar-refractivity contribution in [2.24, 2.45) is 5.14 Å². The Morgan fingerprint density at radius 2 is 1.70 bits per heavy atom. The number of nitrogens with one attached hydrogen (secondary N) is 1. The van der Waals surface area contributed by atoms with Crippen LogP contribution in [0.25, 0.3) is 0 Å². The highest BCUT2D eigenvalue weighted by Crippen LogP contribution is 2.27. The largest absolute Gasteiger partial charge is 0.382 e. The van der Waals surface area contributed by atoms with Gasteiger partial charge < -0.3 is 5.32 Å². The lowest BCUT2D eigenvalue weighted by Crippen LogP contribution is -2.20. The van der Waals surface area contributed by atoms with E-state index in [-0.39, 0.29) is 4.90 Å². The van der Waals surface area contributed by atoms with Crippen molar-refractivity contribution in [2.75, 3.05) is 5.32 Å². The second kappa shape index (κ2) is 6.14. The van der Waals surface area contributed by atoms with Crippen molar-refractivity contribution >= 4 is 15.7 Å². The number of primary sulfonamides is 1. The van der Waals surface area contributed by atoms with Gasteiger partial charge in [0.25, 0.3) is 0 Å². The summed E-state index contributed by atoms with van der Waals surface area (Å²) in [7, 11) is -3.65. The summed E-state index contributed by atoms with van der Waals surface area (Å²) in [6, 6.07) is 3.75.